The molecule has 0 bridgehead atoms. The fourth-order valence-corrected chi connectivity index (χ4v) is 4.29. The first-order valence-electron chi connectivity index (χ1n) is 10.6. The van der Waals surface area contributed by atoms with Gasteiger partial charge in [0.1, 0.15) is 6.10 Å². The summed E-state index contributed by atoms with van der Waals surface area (Å²) in [6, 6.07) is 10.8. The molecule has 33 heavy (non-hydrogen) atoms. The number of hydrogen-bond donors (Lipinski definition) is 2. The van der Waals surface area contributed by atoms with Crippen molar-refractivity contribution in [2.45, 2.75) is 56.2 Å². The molecule has 1 heterocycles. The number of aliphatic hydroxyl groups is 1. The van der Waals surface area contributed by atoms with E-state index in [0.29, 0.717) is 38.1 Å². The van der Waals surface area contributed by atoms with Crippen LogP contribution in [-0.4, -0.2) is 30.4 Å². The average Bonchev–Trinajstić information content (AvgIpc) is 2.73. The van der Waals surface area contributed by atoms with Gasteiger partial charge in [0, 0.05) is 5.41 Å². The molecule has 9 heteroatoms. The van der Waals surface area contributed by atoms with E-state index >= 15 is 0 Å². The highest BCUT2D eigenvalue weighted by molar-refractivity contribution is 5.36. The largest absolute Gasteiger partial charge is 0.416 e. The Kier molecular flexibility index (Phi) is 7.17. The Morgan fingerprint density at radius 2 is 1.42 bits per heavy atom. The molecule has 1 aliphatic rings. The molecule has 0 spiro atoms. The van der Waals surface area contributed by atoms with E-state index < -0.39 is 40.6 Å². The molecule has 1 fully saturated rings. The van der Waals surface area contributed by atoms with E-state index in [1.807, 2.05) is 30.3 Å². The Bertz CT molecular complexity index is 896. The third kappa shape index (κ3) is 6.07. The second-order valence-corrected chi connectivity index (χ2v) is 9.08. The SMILES string of the molecule is CC(C)(O)C(OCC1(c2ccccc2)CCNCC1)c1cc(C(F)(F)F)cc(C(F)(F)F)c1. The van der Waals surface area contributed by atoms with Gasteiger partial charge in [-0.15, -0.1) is 0 Å². The van der Waals surface area contributed by atoms with E-state index in [2.05, 4.69) is 5.32 Å². The van der Waals surface area contributed by atoms with Crippen LogP contribution >= 0.6 is 0 Å². The molecule has 0 amide bonds. The molecule has 0 saturated carbocycles. The molecule has 1 saturated heterocycles. The third-order valence-corrected chi connectivity index (χ3v) is 6.03. The minimum atomic E-state index is -4.99. The third-order valence-electron chi connectivity index (χ3n) is 6.03. The van der Waals surface area contributed by atoms with Crippen molar-refractivity contribution in [3.8, 4) is 0 Å². The maximum atomic E-state index is 13.4. The number of ether oxygens (including phenoxy) is 1. The first-order valence-corrected chi connectivity index (χ1v) is 10.6. The van der Waals surface area contributed by atoms with Crippen LogP contribution in [-0.2, 0) is 22.5 Å². The van der Waals surface area contributed by atoms with Crippen molar-refractivity contribution in [2.75, 3.05) is 19.7 Å². The van der Waals surface area contributed by atoms with Crippen LogP contribution in [0.1, 0.15) is 55.0 Å². The van der Waals surface area contributed by atoms with Crippen molar-refractivity contribution in [1.29, 1.82) is 0 Å². The lowest BCUT2D eigenvalue weighted by atomic mass is 9.73. The highest BCUT2D eigenvalue weighted by Crippen LogP contribution is 2.42. The van der Waals surface area contributed by atoms with Crippen LogP contribution in [0.3, 0.4) is 0 Å². The van der Waals surface area contributed by atoms with Crippen LogP contribution < -0.4 is 5.32 Å². The molecular formula is C24H27F6NO2. The topological polar surface area (TPSA) is 41.5 Å². The minimum Gasteiger partial charge on any atom is -0.387 e. The fourth-order valence-electron chi connectivity index (χ4n) is 4.29. The van der Waals surface area contributed by atoms with E-state index in [9.17, 15) is 31.4 Å². The molecule has 1 unspecified atom stereocenters. The lowest BCUT2D eigenvalue weighted by Gasteiger charge is -2.40. The molecule has 0 radical (unpaired) electrons. The summed E-state index contributed by atoms with van der Waals surface area (Å²) in [7, 11) is 0. The molecule has 0 aliphatic carbocycles. The maximum Gasteiger partial charge on any atom is 0.416 e. The van der Waals surface area contributed by atoms with Crippen LogP contribution in [0, 0.1) is 0 Å². The molecule has 2 aromatic carbocycles. The summed E-state index contributed by atoms with van der Waals surface area (Å²) < 4.78 is 86.3. The monoisotopic (exact) mass is 475 g/mol. The number of benzene rings is 2. The highest BCUT2D eigenvalue weighted by atomic mass is 19.4. The van der Waals surface area contributed by atoms with Gasteiger partial charge in [-0.1, -0.05) is 30.3 Å². The smallest absolute Gasteiger partial charge is 0.387 e. The Hall–Kier alpha value is -2.10. The summed E-state index contributed by atoms with van der Waals surface area (Å²) in [6.07, 6.45) is -10.0. The lowest BCUT2D eigenvalue weighted by molar-refractivity contribution is -0.144. The van der Waals surface area contributed by atoms with Crippen LogP contribution in [0.15, 0.2) is 48.5 Å². The highest BCUT2D eigenvalue weighted by Gasteiger charge is 2.41. The van der Waals surface area contributed by atoms with Crippen molar-refractivity contribution in [3.63, 3.8) is 0 Å². The van der Waals surface area contributed by atoms with Gasteiger partial charge in [0.15, 0.2) is 0 Å². The Morgan fingerprint density at radius 1 is 0.909 bits per heavy atom. The standard InChI is InChI=1S/C24H27F6NO2/c1-21(2,32)20(16-12-18(23(25,26)27)14-19(13-16)24(28,29)30)33-15-22(8-10-31-11-9-22)17-6-4-3-5-7-17/h3-7,12-14,20,31-32H,8-11,15H2,1-2H3. The van der Waals surface area contributed by atoms with E-state index in [1.54, 1.807) is 0 Å². The quantitative estimate of drug-likeness (QED) is 0.513. The number of alkyl halides is 6. The first-order chi connectivity index (χ1) is 15.2. The molecule has 182 valence electrons. The zero-order valence-corrected chi connectivity index (χ0v) is 18.4. The number of nitrogens with one attached hydrogen (secondary N) is 1. The first kappa shape index (κ1) is 25.5. The fraction of sp³-hybridized carbons (Fsp3) is 0.500. The Labute approximate surface area is 188 Å². The number of piperidine rings is 1. The normalized spacial score (nSPS) is 18.2. The molecule has 2 aromatic rings. The summed E-state index contributed by atoms with van der Waals surface area (Å²) in [5.74, 6) is 0. The van der Waals surface area contributed by atoms with E-state index in [4.69, 9.17) is 4.74 Å². The van der Waals surface area contributed by atoms with Crippen molar-refractivity contribution >= 4 is 0 Å². The van der Waals surface area contributed by atoms with Gasteiger partial charge < -0.3 is 15.2 Å². The zero-order chi connectivity index (χ0) is 24.5. The predicted molar refractivity (Wildman–Crippen MR) is 112 cm³/mol. The average molecular weight is 475 g/mol. The summed E-state index contributed by atoms with van der Waals surface area (Å²) in [5.41, 5.74) is -4.50. The van der Waals surface area contributed by atoms with Crippen molar-refractivity contribution < 1.29 is 36.2 Å². The Balaban J connectivity index is 2.01. The lowest BCUT2D eigenvalue weighted by Crippen LogP contribution is -2.44. The molecule has 2 N–H and O–H groups in total. The summed E-state index contributed by atoms with van der Waals surface area (Å²) in [5, 5.41) is 14.0. The van der Waals surface area contributed by atoms with Crippen LogP contribution in [0.2, 0.25) is 0 Å². The molecule has 1 aliphatic heterocycles. The summed E-state index contributed by atoms with van der Waals surface area (Å²) in [4.78, 5) is 0. The molecular weight excluding hydrogens is 448 g/mol. The van der Waals surface area contributed by atoms with E-state index in [-0.39, 0.29) is 18.2 Å². The minimum absolute atomic E-state index is 0.0327. The van der Waals surface area contributed by atoms with E-state index in [0.717, 1.165) is 5.56 Å². The van der Waals surface area contributed by atoms with Crippen LogP contribution in [0.25, 0.3) is 0 Å². The van der Waals surface area contributed by atoms with Gasteiger partial charge in [-0.25, -0.2) is 0 Å². The second kappa shape index (κ2) is 9.27. The van der Waals surface area contributed by atoms with Crippen LogP contribution in [0.5, 0.6) is 0 Å². The van der Waals surface area contributed by atoms with Gasteiger partial charge in [-0.05, 0) is 69.1 Å². The number of rotatable bonds is 6. The molecule has 3 nitrogen and oxygen atoms in total. The van der Waals surface area contributed by atoms with Crippen LogP contribution in [0.4, 0.5) is 26.3 Å². The maximum absolute atomic E-state index is 13.4. The zero-order valence-electron chi connectivity index (χ0n) is 18.4. The van der Waals surface area contributed by atoms with Gasteiger partial charge in [0.05, 0.1) is 23.3 Å². The van der Waals surface area contributed by atoms with Gasteiger partial charge in [-0.3, -0.25) is 0 Å². The van der Waals surface area contributed by atoms with E-state index in [1.165, 1.54) is 13.8 Å². The second-order valence-electron chi connectivity index (χ2n) is 9.08. The summed E-state index contributed by atoms with van der Waals surface area (Å²) >= 11 is 0. The predicted octanol–water partition coefficient (Wildman–Crippen LogP) is 5.87. The van der Waals surface area contributed by atoms with Gasteiger partial charge in [0.25, 0.3) is 0 Å². The van der Waals surface area contributed by atoms with Crippen molar-refractivity contribution in [1.82, 2.24) is 5.32 Å². The van der Waals surface area contributed by atoms with Gasteiger partial charge in [-0.2, -0.15) is 26.3 Å². The molecule has 0 aromatic heterocycles. The van der Waals surface area contributed by atoms with Gasteiger partial charge >= 0.3 is 12.4 Å². The van der Waals surface area contributed by atoms with Crippen molar-refractivity contribution in [2.24, 2.45) is 0 Å². The summed E-state index contributed by atoms with van der Waals surface area (Å²) in [6.45, 7) is 4.02. The number of halogens is 6. The number of hydrogen-bond acceptors (Lipinski definition) is 3. The van der Waals surface area contributed by atoms with Gasteiger partial charge in [0.2, 0.25) is 0 Å². The Morgan fingerprint density at radius 3 is 1.88 bits per heavy atom. The molecule has 1 atom stereocenters. The van der Waals surface area contributed by atoms with Crippen molar-refractivity contribution in [3.05, 3.63) is 70.8 Å². The molecule has 3 rings (SSSR count).